The average molecular weight is 286 g/mol. The van der Waals surface area contributed by atoms with Crippen LogP contribution >= 0.6 is 0 Å². The van der Waals surface area contributed by atoms with Crippen LogP contribution in [-0.2, 0) is 14.3 Å². The quantitative estimate of drug-likeness (QED) is 0.404. The third-order valence-electron chi connectivity index (χ3n) is 3.35. The Morgan fingerprint density at radius 1 is 0.900 bits per heavy atom. The number of unbranched alkanes of at least 4 members (excludes halogenated alkanes) is 5. The molecule has 1 N–H and O–H groups in total. The van der Waals surface area contributed by atoms with E-state index in [1.807, 2.05) is 0 Å². The molecule has 1 atom stereocenters. The van der Waals surface area contributed by atoms with Gasteiger partial charge in [-0.2, -0.15) is 0 Å². The van der Waals surface area contributed by atoms with Crippen molar-refractivity contribution >= 4 is 11.9 Å². The van der Waals surface area contributed by atoms with E-state index in [0.29, 0.717) is 0 Å². The van der Waals surface area contributed by atoms with Gasteiger partial charge in [0.1, 0.15) is 6.10 Å². The first kappa shape index (κ1) is 18.9. The van der Waals surface area contributed by atoms with Gasteiger partial charge in [-0.1, -0.05) is 52.4 Å². The van der Waals surface area contributed by atoms with Crippen molar-refractivity contribution in [3.05, 3.63) is 0 Å². The molecule has 0 aromatic carbocycles. The molecule has 0 aliphatic heterocycles. The number of rotatable bonds is 13. The third-order valence-corrected chi connectivity index (χ3v) is 3.35. The van der Waals surface area contributed by atoms with Crippen molar-refractivity contribution in [3.8, 4) is 0 Å². The van der Waals surface area contributed by atoms with Crippen molar-refractivity contribution in [1.29, 1.82) is 0 Å². The zero-order valence-electron chi connectivity index (χ0n) is 13.0. The Morgan fingerprint density at radius 3 is 2.10 bits per heavy atom. The Morgan fingerprint density at radius 2 is 1.50 bits per heavy atom. The number of ether oxygens (including phenoxy) is 1. The molecule has 0 saturated heterocycles. The summed E-state index contributed by atoms with van der Waals surface area (Å²) in [5.74, 6) is -1.33. The molecule has 0 spiro atoms. The molecule has 0 bridgehead atoms. The minimum atomic E-state index is -0.952. The smallest absolute Gasteiger partial charge is 0.306 e. The minimum Gasteiger partial charge on any atom is -0.481 e. The maximum atomic E-state index is 11.6. The molecule has 0 fully saturated rings. The van der Waals surface area contributed by atoms with Gasteiger partial charge in [0.05, 0.1) is 12.8 Å². The summed E-state index contributed by atoms with van der Waals surface area (Å²) in [4.78, 5) is 22.0. The van der Waals surface area contributed by atoms with E-state index in [9.17, 15) is 9.59 Å². The molecular formula is C16H30O4. The molecule has 0 aliphatic carbocycles. The highest BCUT2D eigenvalue weighted by Gasteiger charge is 2.14. The van der Waals surface area contributed by atoms with Crippen molar-refractivity contribution in [2.45, 2.75) is 90.6 Å². The fraction of sp³-hybridized carbons (Fsp3) is 0.875. The first-order valence-electron chi connectivity index (χ1n) is 8.01. The molecule has 0 heterocycles. The van der Waals surface area contributed by atoms with Gasteiger partial charge in [0.15, 0.2) is 0 Å². The highest BCUT2D eigenvalue weighted by atomic mass is 16.5. The van der Waals surface area contributed by atoms with E-state index in [-0.39, 0.29) is 24.9 Å². The van der Waals surface area contributed by atoms with Gasteiger partial charge in [0, 0.05) is 0 Å². The topological polar surface area (TPSA) is 63.6 Å². The van der Waals surface area contributed by atoms with E-state index in [2.05, 4.69) is 13.8 Å². The van der Waals surface area contributed by atoms with Crippen molar-refractivity contribution in [2.24, 2.45) is 0 Å². The fourth-order valence-corrected chi connectivity index (χ4v) is 2.12. The number of hydrogen-bond acceptors (Lipinski definition) is 3. The monoisotopic (exact) mass is 286 g/mol. The van der Waals surface area contributed by atoms with Crippen LogP contribution < -0.4 is 0 Å². The largest absolute Gasteiger partial charge is 0.481 e. The molecule has 0 radical (unpaired) electrons. The van der Waals surface area contributed by atoms with E-state index in [4.69, 9.17) is 9.84 Å². The highest BCUT2D eigenvalue weighted by molar-refractivity contribution is 5.76. The van der Waals surface area contributed by atoms with Crippen LogP contribution in [0.1, 0.15) is 84.5 Å². The van der Waals surface area contributed by atoms with E-state index in [0.717, 1.165) is 32.1 Å². The lowest BCUT2D eigenvalue weighted by molar-refractivity contribution is -0.152. The zero-order chi connectivity index (χ0) is 15.2. The molecule has 0 amide bonds. The molecule has 0 aliphatic rings. The number of carbonyl (C=O) groups excluding carboxylic acids is 1. The number of hydrogen-bond donors (Lipinski definition) is 1. The highest BCUT2D eigenvalue weighted by Crippen LogP contribution is 2.15. The van der Waals surface area contributed by atoms with Crippen molar-refractivity contribution in [2.75, 3.05) is 0 Å². The summed E-state index contributed by atoms with van der Waals surface area (Å²) in [7, 11) is 0. The van der Waals surface area contributed by atoms with Crippen molar-refractivity contribution < 1.29 is 19.4 Å². The Kier molecular flexibility index (Phi) is 12.3. The summed E-state index contributed by atoms with van der Waals surface area (Å²) in [5.41, 5.74) is 0. The van der Waals surface area contributed by atoms with Gasteiger partial charge in [-0.15, -0.1) is 0 Å². The lowest BCUT2D eigenvalue weighted by Gasteiger charge is -2.17. The summed E-state index contributed by atoms with van der Waals surface area (Å²) in [6.07, 6.45) is 9.73. The molecular weight excluding hydrogens is 256 g/mol. The standard InChI is InChI=1S/C16H30O4/c1-3-5-7-8-9-11-14(10-6-4-2)20-16(19)13-12-15(17)18/h14H,3-13H2,1-2H3,(H,17,18). The molecule has 0 aromatic rings. The predicted molar refractivity (Wildman–Crippen MR) is 79.7 cm³/mol. The van der Waals surface area contributed by atoms with Crippen LogP contribution in [0.3, 0.4) is 0 Å². The lowest BCUT2D eigenvalue weighted by atomic mass is 10.0. The van der Waals surface area contributed by atoms with Crippen molar-refractivity contribution in [3.63, 3.8) is 0 Å². The molecule has 0 aromatic heterocycles. The molecule has 4 heteroatoms. The van der Waals surface area contributed by atoms with E-state index in [1.54, 1.807) is 0 Å². The molecule has 118 valence electrons. The molecule has 1 unspecified atom stereocenters. The number of carboxylic acid groups (broad SMARTS) is 1. The Bertz CT molecular complexity index is 263. The number of carbonyl (C=O) groups is 2. The summed E-state index contributed by atoms with van der Waals surface area (Å²) < 4.78 is 5.41. The molecule has 20 heavy (non-hydrogen) atoms. The van der Waals surface area contributed by atoms with Gasteiger partial charge in [0.2, 0.25) is 0 Å². The van der Waals surface area contributed by atoms with Crippen LogP contribution in [0.5, 0.6) is 0 Å². The van der Waals surface area contributed by atoms with Gasteiger partial charge in [-0.3, -0.25) is 9.59 Å². The SMILES string of the molecule is CCCCCCCC(CCCC)OC(=O)CCC(=O)O. The van der Waals surface area contributed by atoms with Gasteiger partial charge in [-0.25, -0.2) is 0 Å². The van der Waals surface area contributed by atoms with Gasteiger partial charge < -0.3 is 9.84 Å². The Hall–Kier alpha value is -1.06. The number of aliphatic carboxylic acids is 1. The second-order valence-corrected chi connectivity index (χ2v) is 5.35. The summed E-state index contributed by atoms with van der Waals surface area (Å²) >= 11 is 0. The van der Waals surface area contributed by atoms with Crippen LogP contribution in [0, 0.1) is 0 Å². The predicted octanol–water partition coefficient (Wildman–Crippen LogP) is 4.31. The zero-order valence-corrected chi connectivity index (χ0v) is 13.0. The summed E-state index contributed by atoms with van der Waals surface area (Å²) in [5, 5.41) is 8.55. The summed E-state index contributed by atoms with van der Waals surface area (Å²) in [6, 6.07) is 0. The molecule has 0 rings (SSSR count). The number of carboxylic acids is 1. The minimum absolute atomic E-state index is 0.0200. The van der Waals surface area contributed by atoms with Gasteiger partial charge >= 0.3 is 11.9 Å². The first-order chi connectivity index (χ1) is 9.60. The maximum absolute atomic E-state index is 11.6. The van der Waals surface area contributed by atoms with E-state index < -0.39 is 5.97 Å². The van der Waals surface area contributed by atoms with Gasteiger partial charge in [0.25, 0.3) is 0 Å². The Balaban J connectivity index is 3.93. The van der Waals surface area contributed by atoms with Crippen LogP contribution in [-0.4, -0.2) is 23.1 Å². The van der Waals surface area contributed by atoms with Gasteiger partial charge in [-0.05, 0) is 19.3 Å². The first-order valence-corrected chi connectivity index (χ1v) is 8.01. The fourth-order valence-electron chi connectivity index (χ4n) is 2.12. The summed E-state index contributed by atoms with van der Waals surface area (Å²) in [6.45, 7) is 4.30. The second kappa shape index (κ2) is 12.9. The normalized spacial score (nSPS) is 12.1. The Labute approximate surface area is 122 Å². The van der Waals surface area contributed by atoms with Crippen molar-refractivity contribution in [1.82, 2.24) is 0 Å². The average Bonchev–Trinajstić information content (AvgIpc) is 2.42. The van der Waals surface area contributed by atoms with Crippen LogP contribution in [0.15, 0.2) is 0 Å². The van der Waals surface area contributed by atoms with Crippen LogP contribution in [0.4, 0.5) is 0 Å². The second-order valence-electron chi connectivity index (χ2n) is 5.35. The lowest BCUT2D eigenvalue weighted by Crippen LogP contribution is -2.19. The van der Waals surface area contributed by atoms with E-state index >= 15 is 0 Å². The molecule has 0 saturated carbocycles. The third kappa shape index (κ3) is 12.0. The number of esters is 1. The maximum Gasteiger partial charge on any atom is 0.306 e. The van der Waals surface area contributed by atoms with Crippen LogP contribution in [0.2, 0.25) is 0 Å². The van der Waals surface area contributed by atoms with E-state index in [1.165, 1.54) is 25.7 Å². The van der Waals surface area contributed by atoms with Crippen LogP contribution in [0.25, 0.3) is 0 Å². The molecule has 4 nitrogen and oxygen atoms in total.